The second-order valence-corrected chi connectivity index (χ2v) is 4.63. The lowest BCUT2D eigenvalue weighted by molar-refractivity contribution is -0.138. The van der Waals surface area contributed by atoms with Crippen LogP contribution in [0, 0.1) is 5.92 Å². The molecule has 0 fully saturated rings. The highest BCUT2D eigenvalue weighted by atomic mass is 16.4. The molecule has 0 bridgehead atoms. The molecule has 4 heteroatoms. The number of carbonyl (C=O) groups is 2. The SMILES string of the molecule is CC(CC(=O)O)CN(C=O)C(C)(C)C. The summed E-state index contributed by atoms with van der Waals surface area (Å²) < 4.78 is 0. The summed E-state index contributed by atoms with van der Waals surface area (Å²) in [5.74, 6) is -0.839. The van der Waals surface area contributed by atoms with Gasteiger partial charge in [0.25, 0.3) is 0 Å². The normalized spacial score (nSPS) is 13.4. The van der Waals surface area contributed by atoms with E-state index in [-0.39, 0.29) is 17.9 Å². The second-order valence-electron chi connectivity index (χ2n) is 4.63. The monoisotopic (exact) mass is 201 g/mol. The largest absolute Gasteiger partial charge is 0.481 e. The van der Waals surface area contributed by atoms with Crippen molar-refractivity contribution in [2.24, 2.45) is 5.92 Å². The molecule has 0 heterocycles. The Morgan fingerprint density at radius 1 is 1.50 bits per heavy atom. The van der Waals surface area contributed by atoms with E-state index in [0.717, 1.165) is 6.41 Å². The van der Waals surface area contributed by atoms with Crippen molar-refractivity contribution < 1.29 is 14.7 Å². The summed E-state index contributed by atoms with van der Waals surface area (Å²) in [5.41, 5.74) is -0.242. The average molecular weight is 201 g/mol. The summed E-state index contributed by atoms with van der Waals surface area (Å²) in [6.45, 7) is 8.09. The Morgan fingerprint density at radius 3 is 2.29 bits per heavy atom. The Labute approximate surface area is 84.9 Å². The van der Waals surface area contributed by atoms with Gasteiger partial charge in [-0.3, -0.25) is 9.59 Å². The van der Waals surface area contributed by atoms with Crippen molar-refractivity contribution in [3.8, 4) is 0 Å². The summed E-state index contributed by atoms with van der Waals surface area (Å²) in [6.07, 6.45) is 0.874. The Balaban J connectivity index is 4.19. The fraction of sp³-hybridized carbons (Fsp3) is 0.800. The molecule has 1 unspecified atom stereocenters. The zero-order valence-corrected chi connectivity index (χ0v) is 9.28. The Morgan fingerprint density at radius 2 is 2.00 bits per heavy atom. The lowest BCUT2D eigenvalue weighted by atomic mass is 10.0. The van der Waals surface area contributed by atoms with E-state index in [1.165, 1.54) is 0 Å². The highest BCUT2D eigenvalue weighted by Crippen LogP contribution is 2.14. The standard InChI is InChI=1S/C10H19NO3/c1-8(5-9(13)14)6-11(7-12)10(2,3)4/h7-8H,5-6H2,1-4H3,(H,13,14). The second kappa shape index (κ2) is 4.98. The van der Waals surface area contributed by atoms with Gasteiger partial charge in [-0.1, -0.05) is 6.92 Å². The van der Waals surface area contributed by atoms with E-state index in [4.69, 9.17) is 5.11 Å². The van der Waals surface area contributed by atoms with Gasteiger partial charge in [-0.05, 0) is 26.7 Å². The van der Waals surface area contributed by atoms with E-state index >= 15 is 0 Å². The summed E-state index contributed by atoms with van der Waals surface area (Å²) in [7, 11) is 0. The molecule has 82 valence electrons. The van der Waals surface area contributed by atoms with E-state index < -0.39 is 5.97 Å². The van der Waals surface area contributed by atoms with Gasteiger partial charge in [0.1, 0.15) is 0 Å². The molecule has 0 rings (SSSR count). The summed E-state index contributed by atoms with van der Waals surface area (Å²) in [4.78, 5) is 22.8. The average Bonchev–Trinajstić information content (AvgIpc) is 1.96. The van der Waals surface area contributed by atoms with Crippen LogP contribution >= 0.6 is 0 Å². The molecule has 0 aromatic carbocycles. The van der Waals surface area contributed by atoms with Gasteiger partial charge < -0.3 is 10.0 Å². The third-order valence-electron chi connectivity index (χ3n) is 2.02. The third kappa shape index (κ3) is 4.84. The van der Waals surface area contributed by atoms with Gasteiger partial charge in [-0.15, -0.1) is 0 Å². The number of rotatable bonds is 5. The minimum absolute atomic E-state index is 0.0167. The number of hydrogen-bond acceptors (Lipinski definition) is 2. The molecule has 0 aliphatic rings. The Hall–Kier alpha value is -1.06. The zero-order valence-electron chi connectivity index (χ0n) is 9.28. The molecule has 4 nitrogen and oxygen atoms in total. The molecular weight excluding hydrogens is 182 g/mol. The smallest absolute Gasteiger partial charge is 0.303 e. The van der Waals surface area contributed by atoms with Gasteiger partial charge in [0, 0.05) is 18.5 Å². The summed E-state index contributed by atoms with van der Waals surface area (Å²) in [5, 5.41) is 8.57. The fourth-order valence-corrected chi connectivity index (χ4v) is 1.17. The number of carboxylic acid groups (broad SMARTS) is 1. The van der Waals surface area contributed by atoms with Crippen molar-refractivity contribution in [2.45, 2.75) is 39.7 Å². The van der Waals surface area contributed by atoms with Crippen LogP contribution in [0.4, 0.5) is 0 Å². The molecule has 0 aromatic heterocycles. The van der Waals surface area contributed by atoms with Crippen molar-refractivity contribution in [2.75, 3.05) is 6.54 Å². The van der Waals surface area contributed by atoms with Crippen molar-refractivity contribution in [3.05, 3.63) is 0 Å². The van der Waals surface area contributed by atoms with E-state index in [9.17, 15) is 9.59 Å². The number of aliphatic carboxylic acids is 1. The van der Waals surface area contributed by atoms with Gasteiger partial charge >= 0.3 is 5.97 Å². The van der Waals surface area contributed by atoms with Crippen LogP contribution in [0.25, 0.3) is 0 Å². The van der Waals surface area contributed by atoms with Crippen molar-refractivity contribution in [1.29, 1.82) is 0 Å². The van der Waals surface area contributed by atoms with Crippen molar-refractivity contribution in [1.82, 2.24) is 4.90 Å². The molecule has 0 spiro atoms. The Bertz CT molecular complexity index is 208. The maximum absolute atomic E-state index is 10.8. The molecule has 1 amide bonds. The van der Waals surface area contributed by atoms with Crippen LogP contribution in [0.3, 0.4) is 0 Å². The van der Waals surface area contributed by atoms with Crippen LogP contribution in [0.15, 0.2) is 0 Å². The minimum Gasteiger partial charge on any atom is -0.481 e. The first-order valence-electron chi connectivity index (χ1n) is 4.71. The fourth-order valence-electron chi connectivity index (χ4n) is 1.17. The number of amides is 1. The first-order valence-corrected chi connectivity index (χ1v) is 4.71. The number of carbonyl (C=O) groups excluding carboxylic acids is 1. The van der Waals surface area contributed by atoms with E-state index in [0.29, 0.717) is 6.54 Å². The van der Waals surface area contributed by atoms with Crippen LogP contribution in [-0.2, 0) is 9.59 Å². The van der Waals surface area contributed by atoms with Gasteiger partial charge in [0.15, 0.2) is 0 Å². The van der Waals surface area contributed by atoms with E-state index in [1.807, 2.05) is 27.7 Å². The van der Waals surface area contributed by atoms with E-state index in [2.05, 4.69) is 0 Å². The lowest BCUT2D eigenvalue weighted by Gasteiger charge is -2.33. The van der Waals surface area contributed by atoms with Gasteiger partial charge in [-0.25, -0.2) is 0 Å². The molecule has 0 saturated heterocycles. The number of carboxylic acids is 1. The Kier molecular flexibility index (Phi) is 4.60. The van der Waals surface area contributed by atoms with Crippen molar-refractivity contribution in [3.63, 3.8) is 0 Å². The summed E-state index contributed by atoms with van der Waals surface area (Å²) >= 11 is 0. The molecule has 1 atom stereocenters. The van der Waals surface area contributed by atoms with Crippen LogP contribution in [-0.4, -0.2) is 34.5 Å². The predicted molar refractivity (Wildman–Crippen MR) is 53.9 cm³/mol. The first-order chi connectivity index (χ1) is 6.27. The third-order valence-corrected chi connectivity index (χ3v) is 2.02. The quantitative estimate of drug-likeness (QED) is 0.683. The molecule has 0 radical (unpaired) electrons. The highest BCUT2D eigenvalue weighted by Gasteiger charge is 2.21. The molecule has 0 aliphatic heterocycles. The zero-order chi connectivity index (χ0) is 11.4. The summed E-state index contributed by atoms with van der Waals surface area (Å²) in [6, 6.07) is 0. The molecule has 14 heavy (non-hydrogen) atoms. The van der Waals surface area contributed by atoms with Crippen molar-refractivity contribution >= 4 is 12.4 Å². The van der Waals surface area contributed by atoms with Gasteiger partial charge in [0.2, 0.25) is 6.41 Å². The maximum atomic E-state index is 10.8. The van der Waals surface area contributed by atoms with Crippen LogP contribution < -0.4 is 0 Å². The first kappa shape index (κ1) is 12.9. The number of nitrogens with zero attached hydrogens (tertiary/aromatic N) is 1. The van der Waals surface area contributed by atoms with Crippen LogP contribution in [0.2, 0.25) is 0 Å². The molecule has 0 aromatic rings. The lowest BCUT2D eigenvalue weighted by Crippen LogP contribution is -2.43. The van der Waals surface area contributed by atoms with Crippen LogP contribution in [0.1, 0.15) is 34.1 Å². The molecule has 0 aliphatic carbocycles. The molecule has 1 N–H and O–H groups in total. The number of hydrogen-bond donors (Lipinski definition) is 1. The predicted octanol–water partition coefficient (Wildman–Crippen LogP) is 1.35. The van der Waals surface area contributed by atoms with E-state index in [1.54, 1.807) is 4.90 Å². The van der Waals surface area contributed by atoms with Gasteiger partial charge in [0.05, 0.1) is 0 Å². The minimum atomic E-state index is -0.822. The van der Waals surface area contributed by atoms with Gasteiger partial charge in [-0.2, -0.15) is 0 Å². The maximum Gasteiger partial charge on any atom is 0.303 e. The molecule has 0 saturated carbocycles. The topological polar surface area (TPSA) is 57.6 Å². The highest BCUT2D eigenvalue weighted by molar-refractivity contribution is 5.67. The molecular formula is C10H19NO3. The van der Waals surface area contributed by atoms with Crippen LogP contribution in [0.5, 0.6) is 0 Å².